The summed E-state index contributed by atoms with van der Waals surface area (Å²) in [4.78, 5) is 16.9. The van der Waals surface area contributed by atoms with Crippen LogP contribution in [0.4, 0.5) is 5.69 Å². The maximum absolute atomic E-state index is 12.2. The molecule has 2 aromatic rings. The van der Waals surface area contributed by atoms with Gasteiger partial charge in [0.2, 0.25) is 5.91 Å². The van der Waals surface area contributed by atoms with E-state index in [9.17, 15) is 10.1 Å². The molecule has 0 unspecified atom stereocenters. The molecule has 0 atom stereocenters. The van der Waals surface area contributed by atoms with Crippen LogP contribution in [0.15, 0.2) is 35.4 Å². The summed E-state index contributed by atoms with van der Waals surface area (Å²) in [6, 6.07) is 11.6. The molecule has 5 nitrogen and oxygen atoms in total. The first kappa shape index (κ1) is 18.3. The second-order valence-electron chi connectivity index (χ2n) is 5.99. The molecule has 1 aliphatic rings. The molecule has 134 valence electrons. The van der Waals surface area contributed by atoms with E-state index in [2.05, 4.69) is 16.4 Å². The van der Waals surface area contributed by atoms with Crippen LogP contribution in [-0.2, 0) is 17.6 Å². The van der Waals surface area contributed by atoms with E-state index in [0.717, 1.165) is 30.0 Å². The molecule has 1 aliphatic carbocycles. The Kier molecular flexibility index (Phi) is 6.13. The molecule has 0 aliphatic heterocycles. The Morgan fingerprint density at radius 1 is 1.38 bits per heavy atom. The van der Waals surface area contributed by atoms with Crippen molar-refractivity contribution in [1.82, 2.24) is 4.98 Å². The number of carbonyl (C=O) groups excluding carboxylic acids is 1. The number of benzene rings is 1. The average Bonchev–Trinajstić information content (AvgIpc) is 3.10. The average molecular weight is 367 g/mol. The lowest BCUT2D eigenvalue weighted by Gasteiger charge is -2.11. The third kappa shape index (κ3) is 4.36. The molecule has 0 bridgehead atoms. The van der Waals surface area contributed by atoms with Crippen LogP contribution in [0.5, 0.6) is 5.75 Å². The Bertz CT molecular complexity index is 845. The first-order chi connectivity index (χ1) is 12.7. The van der Waals surface area contributed by atoms with Crippen LogP contribution in [0.3, 0.4) is 0 Å². The van der Waals surface area contributed by atoms with Gasteiger partial charge in [-0.1, -0.05) is 12.1 Å². The summed E-state index contributed by atoms with van der Waals surface area (Å²) in [5.74, 6) is 1.16. The predicted molar refractivity (Wildman–Crippen MR) is 103 cm³/mol. The highest BCUT2D eigenvalue weighted by Gasteiger charge is 2.17. The minimum Gasteiger partial charge on any atom is -0.492 e. The number of para-hydroxylation sites is 2. The number of anilines is 1. The fourth-order valence-electron chi connectivity index (χ4n) is 2.95. The van der Waals surface area contributed by atoms with Crippen molar-refractivity contribution in [3.8, 4) is 11.8 Å². The minimum atomic E-state index is -0.0793. The molecule has 3 rings (SSSR count). The third-order valence-corrected chi connectivity index (χ3v) is 5.16. The van der Waals surface area contributed by atoms with Crippen molar-refractivity contribution < 1.29 is 9.53 Å². The number of aryl methyl sites for hydroxylation is 2. The number of pyridine rings is 1. The number of ether oxygens (including phenoxy) is 1. The minimum absolute atomic E-state index is 0.0793. The van der Waals surface area contributed by atoms with Gasteiger partial charge in [-0.2, -0.15) is 5.26 Å². The lowest BCUT2D eigenvalue weighted by Crippen LogP contribution is -2.13. The molecule has 0 radical (unpaired) electrons. The first-order valence-corrected chi connectivity index (χ1v) is 9.77. The summed E-state index contributed by atoms with van der Waals surface area (Å²) < 4.78 is 5.52. The normalized spacial score (nSPS) is 12.3. The van der Waals surface area contributed by atoms with Gasteiger partial charge in [-0.15, -0.1) is 11.8 Å². The van der Waals surface area contributed by atoms with Crippen LogP contribution >= 0.6 is 11.8 Å². The van der Waals surface area contributed by atoms with E-state index in [1.807, 2.05) is 37.3 Å². The van der Waals surface area contributed by atoms with Gasteiger partial charge in [0.05, 0.1) is 17.9 Å². The van der Waals surface area contributed by atoms with Gasteiger partial charge in [0.25, 0.3) is 0 Å². The van der Waals surface area contributed by atoms with Crippen LogP contribution in [0.1, 0.15) is 36.6 Å². The first-order valence-electron chi connectivity index (χ1n) is 8.78. The number of fused-ring (bicyclic) bond motifs is 1. The molecular formula is C20H21N3O2S. The molecule has 0 saturated heterocycles. The van der Waals surface area contributed by atoms with E-state index < -0.39 is 0 Å². The van der Waals surface area contributed by atoms with Gasteiger partial charge in [-0.3, -0.25) is 4.79 Å². The van der Waals surface area contributed by atoms with Gasteiger partial charge in [-0.25, -0.2) is 4.98 Å². The van der Waals surface area contributed by atoms with Crippen LogP contribution in [0.2, 0.25) is 0 Å². The second kappa shape index (κ2) is 8.72. The molecule has 0 saturated carbocycles. The summed E-state index contributed by atoms with van der Waals surface area (Å²) in [5.41, 5.74) is 3.58. The number of nitrogens with zero attached hydrogens (tertiary/aromatic N) is 2. The van der Waals surface area contributed by atoms with Gasteiger partial charge in [0.15, 0.2) is 0 Å². The molecule has 1 N–H and O–H groups in total. The number of carbonyl (C=O) groups is 1. The fourth-order valence-corrected chi connectivity index (χ4v) is 3.86. The number of nitriles is 1. The summed E-state index contributed by atoms with van der Waals surface area (Å²) in [6.07, 6.45) is 3.42. The zero-order chi connectivity index (χ0) is 18.4. The number of hydrogen-bond acceptors (Lipinski definition) is 5. The van der Waals surface area contributed by atoms with Crippen molar-refractivity contribution in [1.29, 1.82) is 5.26 Å². The number of hydrogen-bond donors (Lipinski definition) is 1. The Labute approximate surface area is 157 Å². The van der Waals surface area contributed by atoms with Crippen LogP contribution < -0.4 is 10.1 Å². The lowest BCUT2D eigenvalue weighted by molar-refractivity contribution is -0.115. The van der Waals surface area contributed by atoms with Gasteiger partial charge in [-0.05, 0) is 49.9 Å². The number of aromatic nitrogens is 1. The van der Waals surface area contributed by atoms with Gasteiger partial charge in [0.1, 0.15) is 16.8 Å². The van der Waals surface area contributed by atoms with E-state index in [4.69, 9.17) is 4.74 Å². The van der Waals surface area contributed by atoms with E-state index in [0.29, 0.717) is 35.8 Å². The molecule has 1 aromatic heterocycles. The quantitative estimate of drug-likeness (QED) is 0.750. The molecule has 1 heterocycles. The fraction of sp³-hybridized carbons (Fsp3) is 0.350. The molecule has 1 aromatic carbocycles. The van der Waals surface area contributed by atoms with Crippen LogP contribution in [0.25, 0.3) is 0 Å². The van der Waals surface area contributed by atoms with Crippen molar-refractivity contribution in [2.45, 2.75) is 37.6 Å². The number of nitrogens with one attached hydrogen (secondary N) is 1. The smallest absolute Gasteiger partial charge is 0.225 e. The van der Waals surface area contributed by atoms with Crippen LogP contribution in [0, 0.1) is 11.3 Å². The highest BCUT2D eigenvalue weighted by atomic mass is 32.2. The number of amides is 1. The highest BCUT2D eigenvalue weighted by molar-refractivity contribution is 7.99. The van der Waals surface area contributed by atoms with Crippen molar-refractivity contribution >= 4 is 23.4 Å². The maximum Gasteiger partial charge on any atom is 0.225 e. The van der Waals surface area contributed by atoms with E-state index >= 15 is 0 Å². The zero-order valence-electron chi connectivity index (χ0n) is 14.7. The van der Waals surface area contributed by atoms with Gasteiger partial charge < -0.3 is 10.1 Å². The van der Waals surface area contributed by atoms with Crippen LogP contribution in [-0.4, -0.2) is 23.3 Å². The van der Waals surface area contributed by atoms with E-state index in [-0.39, 0.29) is 5.91 Å². The topological polar surface area (TPSA) is 75.0 Å². The Morgan fingerprint density at radius 2 is 2.23 bits per heavy atom. The summed E-state index contributed by atoms with van der Waals surface area (Å²) in [5, 5.41) is 13.0. The van der Waals surface area contributed by atoms with Crippen molar-refractivity contribution in [2.75, 3.05) is 17.7 Å². The highest BCUT2D eigenvalue weighted by Crippen LogP contribution is 2.28. The van der Waals surface area contributed by atoms with E-state index in [1.165, 1.54) is 17.3 Å². The maximum atomic E-state index is 12.2. The summed E-state index contributed by atoms with van der Waals surface area (Å²) >= 11 is 1.47. The van der Waals surface area contributed by atoms with Gasteiger partial charge >= 0.3 is 0 Å². The molecule has 1 amide bonds. The summed E-state index contributed by atoms with van der Waals surface area (Å²) in [7, 11) is 0. The zero-order valence-corrected chi connectivity index (χ0v) is 15.6. The Hall–Kier alpha value is -2.52. The molecule has 6 heteroatoms. The van der Waals surface area contributed by atoms with Crippen molar-refractivity contribution in [3.63, 3.8) is 0 Å². The predicted octanol–water partition coefficient (Wildman–Crippen LogP) is 3.96. The Morgan fingerprint density at radius 3 is 3.04 bits per heavy atom. The molecule has 0 spiro atoms. The van der Waals surface area contributed by atoms with Crippen molar-refractivity contribution in [2.24, 2.45) is 0 Å². The monoisotopic (exact) mass is 367 g/mol. The second-order valence-corrected chi connectivity index (χ2v) is 7.07. The lowest BCUT2D eigenvalue weighted by atomic mass is 10.2. The third-order valence-electron chi connectivity index (χ3n) is 4.17. The molecular weight excluding hydrogens is 346 g/mol. The number of thioether (sulfide) groups is 1. The van der Waals surface area contributed by atoms with E-state index in [1.54, 1.807) is 0 Å². The summed E-state index contributed by atoms with van der Waals surface area (Å²) in [6.45, 7) is 2.45. The SMILES string of the molecule is CCOc1ccccc1NC(=O)CCSc1nc2c(cc1C#N)CCC2. The molecule has 0 fully saturated rings. The largest absolute Gasteiger partial charge is 0.492 e. The van der Waals surface area contributed by atoms with Crippen molar-refractivity contribution in [3.05, 3.63) is 47.2 Å². The van der Waals surface area contributed by atoms with Gasteiger partial charge in [0, 0.05) is 17.9 Å². The standard InChI is InChI=1S/C20H21N3O2S/c1-2-25-18-9-4-3-7-17(18)22-19(24)10-11-26-20-15(13-21)12-14-6-5-8-16(14)23-20/h3-4,7,9,12H,2,5-6,8,10-11H2,1H3,(H,22,24). The Balaban J connectivity index is 1.57. The molecule has 26 heavy (non-hydrogen) atoms. The number of rotatable bonds is 7.